The van der Waals surface area contributed by atoms with Gasteiger partial charge in [0.25, 0.3) is 0 Å². The summed E-state index contributed by atoms with van der Waals surface area (Å²) in [7, 11) is 1.78. The molecule has 0 spiro atoms. The summed E-state index contributed by atoms with van der Waals surface area (Å²) in [5.41, 5.74) is 3.08. The van der Waals surface area contributed by atoms with Crippen LogP contribution in [-0.4, -0.2) is 27.7 Å². The second kappa shape index (κ2) is 5.10. The minimum absolute atomic E-state index is 0.343. The highest BCUT2D eigenvalue weighted by molar-refractivity contribution is 6.16. The summed E-state index contributed by atoms with van der Waals surface area (Å²) in [6.45, 7) is 2.06. The molecule has 1 aliphatic carbocycles. The van der Waals surface area contributed by atoms with Crippen LogP contribution in [-0.2, 0) is 10.6 Å². The number of methoxy groups -OCH3 is 1. The average Bonchev–Trinajstić information content (AvgIpc) is 3.02. The van der Waals surface area contributed by atoms with Gasteiger partial charge in [-0.15, -0.1) is 11.6 Å². The molecule has 102 valence electrons. The summed E-state index contributed by atoms with van der Waals surface area (Å²) in [4.78, 5) is 9.16. The normalized spacial score (nSPS) is 23.3. The predicted molar refractivity (Wildman–Crippen MR) is 75.5 cm³/mol. The van der Waals surface area contributed by atoms with Crippen molar-refractivity contribution in [2.24, 2.45) is 0 Å². The summed E-state index contributed by atoms with van der Waals surface area (Å²) in [5, 5.41) is 0. The number of aromatic nitrogens is 3. The lowest BCUT2D eigenvalue weighted by Gasteiger charge is -2.15. The molecule has 3 rings (SSSR count). The summed E-state index contributed by atoms with van der Waals surface area (Å²) in [6.07, 6.45) is 5.39. The first-order valence-corrected chi connectivity index (χ1v) is 7.19. The Hall–Kier alpha value is -1.13. The number of ether oxygens (including phenoxy) is 1. The number of nitrogens with zero attached hydrogens (tertiary/aromatic N) is 3. The van der Waals surface area contributed by atoms with E-state index in [1.54, 1.807) is 7.11 Å². The van der Waals surface area contributed by atoms with Crippen molar-refractivity contribution in [1.82, 2.24) is 14.5 Å². The van der Waals surface area contributed by atoms with Crippen molar-refractivity contribution in [3.8, 4) is 0 Å². The molecule has 1 fully saturated rings. The molecular weight excluding hydrogens is 262 g/mol. The summed E-state index contributed by atoms with van der Waals surface area (Å²) < 4.78 is 7.68. The zero-order valence-electron chi connectivity index (χ0n) is 11.3. The molecule has 2 aromatic rings. The molecule has 0 aromatic carbocycles. The van der Waals surface area contributed by atoms with Crippen LogP contribution in [0.5, 0.6) is 0 Å². The molecule has 2 aromatic heterocycles. The number of aryl methyl sites for hydroxylation is 1. The molecule has 0 radical (unpaired) electrons. The van der Waals surface area contributed by atoms with Gasteiger partial charge in [-0.1, -0.05) is 0 Å². The maximum Gasteiger partial charge on any atom is 0.160 e. The van der Waals surface area contributed by atoms with Gasteiger partial charge < -0.3 is 9.30 Å². The number of hydrogen-bond donors (Lipinski definition) is 0. The Labute approximate surface area is 117 Å². The van der Waals surface area contributed by atoms with Crippen LogP contribution >= 0.6 is 11.6 Å². The smallest absolute Gasteiger partial charge is 0.160 e. The molecule has 0 saturated heterocycles. The van der Waals surface area contributed by atoms with Crippen molar-refractivity contribution in [3.63, 3.8) is 0 Å². The molecule has 2 atom stereocenters. The molecule has 2 unspecified atom stereocenters. The Morgan fingerprint density at radius 1 is 1.47 bits per heavy atom. The van der Waals surface area contributed by atoms with Crippen LogP contribution in [0.1, 0.15) is 36.7 Å². The highest BCUT2D eigenvalue weighted by atomic mass is 35.5. The highest BCUT2D eigenvalue weighted by Gasteiger charge is 2.29. The van der Waals surface area contributed by atoms with Crippen molar-refractivity contribution >= 4 is 22.8 Å². The van der Waals surface area contributed by atoms with Gasteiger partial charge in [0.1, 0.15) is 11.3 Å². The van der Waals surface area contributed by atoms with Crippen LogP contribution in [0, 0.1) is 6.92 Å². The Balaban J connectivity index is 2.09. The SMILES string of the molecule is COC1CCC(n2c(CCl)nc3c(C)ccnc32)C1. The van der Waals surface area contributed by atoms with Crippen molar-refractivity contribution in [1.29, 1.82) is 0 Å². The lowest BCUT2D eigenvalue weighted by atomic mass is 10.2. The van der Waals surface area contributed by atoms with E-state index in [2.05, 4.69) is 21.5 Å². The van der Waals surface area contributed by atoms with Crippen molar-refractivity contribution in [3.05, 3.63) is 23.7 Å². The van der Waals surface area contributed by atoms with Crippen LogP contribution in [0.15, 0.2) is 12.3 Å². The molecule has 2 heterocycles. The van der Waals surface area contributed by atoms with Gasteiger partial charge in [0.15, 0.2) is 5.65 Å². The fourth-order valence-electron chi connectivity index (χ4n) is 3.00. The van der Waals surface area contributed by atoms with E-state index in [-0.39, 0.29) is 0 Å². The van der Waals surface area contributed by atoms with Gasteiger partial charge in [-0.05, 0) is 37.8 Å². The zero-order valence-corrected chi connectivity index (χ0v) is 12.0. The van der Waals surface area contributed by atoms with Gasteiger partial charge in [-0.2, -0.15) is 0 Å². The van der Waals surface area contributed by atoms with Gasteiger partial charge in [-0.25, -0.2) is 9.97 Å². The number of rotatable bonds is 3. The molecule has 1 saturated carbocycles. The monoisotopic (exact) mass is 279 g/mol. The fraction of sp³-hybridized carbons (Fsp3) is 0.571. The topological polar surface area (TPSA) is 39.9 Å². The van der Waals surface area contributed by atoms with Crippen LogP contribution < -0.4 is 0 Å². The van der Waals surface area contributed by atoms with Gasteiger partial charge >= 0.3 is 0 Å². The first-order valence-electron chi connectivity index (χ1n) is 6.65. The number of hydrogen-bond acceptors (Lipinski definition) is 3. The van der Waals surface area contributed by atoms with Crippen molar-refractivity contribution in [2.75, 3.05) is 7.11 Å². The molecule has 1 aliphatic rings. The quantitative estimate of drug-likeness (QED) is 0.810. The van der Waals surface area contributed by atoms with E-state index in [9.17, 15) is 0 Å². The van der Waals surface area contributed by atoms with Crippen LogP contribution in [0.3, 0.4) is 0 Å². The Kier molecular flexibility index (Phi) is 3.46. The molecule has 0 N–H and O–H groups in total. The van der Waals surface area contributed by atoms with E-state index in [0.29, 0.717) is 18.0 Å². The second-order valence-electron chi connectivity index (χ2n) is 5.16. The van der Waals surface area contributed by atoms with E-state index in [4.69, 9.17) is 16.3 Å². The number of halogens is 1. The van der Waals surface area contributed by atoms with Crippen molar-refractivity contribution < 1.29 is 4.74 Å². The van der Waals surface area contributed by atoms with Gasteiger partial charge in [0, 0.05) is 19.3 Å². The number of fused-ring (bicyclic) bond motifs is 1. The Morgan fingerprint density at radius 2 is 2.32 bits per heavy atom. The maximum atomic E-state index is 6.06. The lowest BCUT2D eigenvalue weighted by Crippen LogP contribution is -2.11. The number of pyridine rings is 1. The van der Waals surface area contributed by atoms with Crippen LogP contribution in [0.2, 0.25) is 0 Å². The third kappa shape index (κ3) is 2.13. The summed E-state index contributed by atoms with van der Waals surface area (Å²) in [6, 6.07) is 2.39. The van der Waals surface area contributed by atoms with E-state index in [1.165, 1.54) is 0 Å². The molecular formula is C14H18ClN3O. The average molecular weight is 280 g/mol. The van der Waals surface area contributed by atoms with Crippen molar-refractivity contribution in [2.45, 2.75) is 44.2 Å². The van der Waals surface area contributed by atoms with E-state index < -0.39 is 0 Å². The zero-order chi connectivity index (χ0) is 13.4. The molecule has 4 nitrogen and oxygen atoms in total. The van der Waals surface area contributed by atoms with Gasteiger partial charge in [0.05, 0.1) is 12.0 Å². The summed E-state index contributed by atoms with van der Waals surface area (Å²) >= 11 is 6.06. The minimum Gasteiger partial charge on any atom is -0.381 e. The maximum absolute atomic E-state index is 6.06. The number of alkyl halides is 1. The third-order valence-electron chi connectivity index (χ3n) is 4.03. The molecule has 5 heteroatoms. The molecule has 19 heavy (non-hydrogen) atoms. The highest BCUT2D eigenvalue weighted by Crippen LogP contribution is 2.35. The first-order chi connectivity index (χ1) is 9.24. The van der Waals surface area contributed by atoms with Crippen LogP contribution in [0.4, 0.5) is 0 Å². The summed E-state index contributed by atoms with van der Waals surface area (Å²) in [5.74, 6) is 1.34. The molecule has 0 bridgehead atoms. The first kappa shape index (κ1) is 12.9. The van der Waals surface area contributed by atoms with E-state index in [1.807, 2.05) is 12.3 Å². The molecule has 0 aliphatic heterocycles. The largest absolute Gasteiger partial charge is 0.381 e. The van der Waals surface area contributed by atoms with E-state index in [0.717, 1.165) is 41.8 Å². The minimum atomic E-state index is 0.343. The lowest BCUT2D eigenvalue weighted by molar-refractivity contribution is 0.106. The fourth-order valence-corrected chi connectivity index (χ4v) is 3.19. The Bertz CT molecular complexity index is 596. The second-order valence-corrected chi connectivity index (χ2v) is 5.42. The van der Waals surface area contributed by atoms with Gasteiger partial charge in [0.2, 0.25) is 0 Å². The number of imidazole rings is 1. The standard InChI is InChI=1S/C14H18ClN3O/c1-9-5-6-16-14-13(9)17-12(8-15)18(14)10-3-4-11(7-10)19-2/h5-6,10-11H,3-4,7-8H2,1-2H3. The van der Waals surface area contributed by atoms with E-state index >= 15 is 0 Å². The molecule has 0 amide bonds. The van der Waals surface area contributed by atoms with Crippen LogP contribution in [0.25, 0.3) is 11.2 Å². The predicted octanol–water partition coefficient (Wildman–Crippen LogP) is 3.22. The third-order valence-corrected chi connectivity index (χ3v) is 4.27. The van der Waals surface area contributed by atoms with Gasteiger partial charge in [-0.3, -0.25) is 0 Å². The Morgan fingerprint density at radius 3 is 3.00 bits per heavy atom.